The summed E-state index contributed by atoms with van der Waals surface area (Å²) in [5.41, 5.74) is 11.5. The van der Waals surface area contributed by atoms with Gasteiger partial charge in [0.15, 0.2) is 0 Å². The molecule has 0 bridgehead atoms. The van der Waals surface area contributed by atoms with Crippen LogP contribution in [0.1, 0.15) is 43.0 Å². The SMILES string of the molecule is CC(C)Oc1ccc(-c2ncc(-c3cccc4c3CC[C@H]4N)s2)cc1C#N.Cl. The molecule has 2 aromatic carbocycles. The van der Waals surface area contributed by atoms with Gasteiger partial charge in [0.1, 0.15) is 16.8 Å². The molecule has 1 aromatic heterocycles. The quantitative estimate of drug-likeness (QED) is 0.614. The van der Waals surface area contributed by atoms with Crippen LogP contribution in [0.4, 0.5) is 0 Å². The lowest BCUT2D eigenvalue weighted by molar-refractivity contribution is 0.242. The van der Waals surface area contributed by atoms with Crippen molar-refractivity contribution >= 4 is 23.7 Å². The molecular weight excluding hydrogens is 390 g/mol. The lowest BCUT2D eigenvalue weighted by Gasteiger charge is -2.11. The number of nitrogens with zero attached hydrogens (tertiary/aromatic N) is 2. The van der Waals surface area contributed by atoms with E-state index >= 15 is 0 Å². The first kappa shape index (κ1) is 20.3. The average molecular weight is 412 g/mol. The normalized spacial score (nSPS) is 15.0. The van der Waals surface area contributed by atoms with Gasteiger partial charge in [-0.2, -0.15) is 5.26 Å². The number of thiazole rings is 1. The second-order valence-corrected chi connectivity index (χ2v) is 8.07. The van der Waals surface area contributed by atoms with Crippen molar-refractivity contribution in [1.29, 1.82) is 5.26 Å². The van der Waals surface area contributed by atoms with Crippen LogP contribution in [0.5, 0.6) is 5.75 Å². The van der Waals surface area contributed by atoms with Crippen molar-refractivity contribution in [2.45, 2.75) is 38.8 Å². The fourth-order valence-electron chi connectivity index (χ4n) is 3.56. The molecule has 0 aliphatic heterocycles. The molecule has 1 heterocycles. The minimum Gasteiger partial charge on any atom is -0.490 e. The summed E-state index contributed by atoms with van der Waals surface area (Å²) in [6.45, 7) is 3.90. The van der Waals surface area contributed by atoms with E-state index in [1.807, 2.05) is 38.2 Å². The molecule has 3 aromatic rings. The molecule has 0 unspecified atom stereocenters. The van der Waals surface area contributed by atoms with Crippen LogP contribution in [0.3, 0.4) is 0 Å². The number of fused-ring (bicyclic) bond motifs is 1. The molecule has 0 amide bonds. The second-order valence-electron chi connectivity index (χ2n) is 7.04. The van der Waals surface area contributed by atoms with Crippen LogP contribution in [0.2, 0.25) is 0 Å². The van der Waals surface area contributed by atoms with E-state index in [1.165, 1.54) is 16.7 Å². The van der Waals surface area contributed by atoms with Gasteiger partial charge in [0, 0.05) is 17.8 Å². The lowest BCUT2D eigenvalue weighted by atomic mass is 10.0. The molecule has 4 nitrogen and oxygen atoms in total. The molecule has 0 fully saturated rings. The molecule has 1 aliphatic rings. The van der Waals surface area contributed by atoms with Crippen LogP contribution in [0.25, 0.3) is 21.0 Å². The number of ether oxygens (including phenoxy) is 1. The van der Waals surface area contributed by atoms with Crippen molar-refractivity contribution in [3.63, 3.8) is 0 Å². The summed E-state index contributed by atoms with van der Waals surface area (Å²) in [5, 5.41) is 10.4. The molecule has 0 saturated carbocycles. The monoisotopic (exact) mass is 411 g/mol. The zero-order valence-electron chi connectivity index (χ0n) is 15.8. The molecule has 6 heteroatoms. The van der Waals surface area contributed by atoms with E-state index in [1.54, 1.807) is 11.3 Å². The van der Waals surface area contributed by atoms with Gasteiger partial charge in [0.05, 0.1) is 16.5 Å². The van der Waals surface area contributed by atoms with E-state index in [4.69, 9.17) is 10.5 Å². The maximum absolute atomic E-state index is 9.46. The van der Waals surface area contributed by atoms with E-state index < -0.39 is 0 Å². The van der Waals surface area contributed by atoms with E-state index in [9.17, 15) is 5.26 Å². The van der Waals surface area contributed by atoms with Crippen molar-refractivity contribution in [2.24, 2.45) is 5.73 Å². The van der Waals surface area contributed by atoms with Gasteiger partial charge in [-0.15, -0.1) is 23.7 Å². The van der Waals surface area contributed by atoms with Crippen molar-refractivity contribution in [2.75, 3.05) is 0 Å². The Balaban J connectivity index is 0.00000225. The maximum Gasteiger partial charge on any atom is 0.137 e. The fraction of sp³-hybridized carbons (Fsp3) is 0.273. The van der Waals surface area contributed by atoms with E-state index in [2.05, 4.69) is 29.3 Å². The molecular formula is C22H22ClN3OS. The highest BCUT2D eigenvalue weighted by Crippen LogP contribution is 2.40. The fourth-order valence-corrected chi connectivity index (χ4v) is 4.52. The van der Waals surface area contributed by atoms with Crippen LogP contribution in [-0.4, -0.2) is 11.1 Å². The van der Waals surface area contributed by atoms with Crippen molar-refractivity contribution in [3.8, 4) is 32.8 Å². The summed E-state index contributed by atoms with van der Waals surface area (Å²) >= 11 is 1.64. The second kappa shape index (κ2) is 8.32. The maximum atomic E-state index is 9.46. The number of benzene rings is 2. The molecule has 144 valence electrons. The molecule has 4 rings (SSSR count). The number of hydrogen-bond acceptors (Lipinski definition) is 5. The Morgan fingerprint density at radius 2 is 2.11 bits per heavy atom. The Labute approximate surface area is 175 Å². The zero-order valence-corrected chi connectivity index (χ0v) is 17.4. The number of hydrogen-bond donors (Lipinski definition) is 1. The predicted octanol–water partition coefficient (Wildman–Crippen LogP) is 5.50. The molecule has 28 heavy (non-hydrogen) atoms. The highest BCUT2D eigenvalue weighted by molar-refractivity contribution is 7.18. The number of halogens is 1. The lowest BCUT2D eigenvalue weighted by Crippen LogP contribution is -2.06. The van der Waals surface area contributed by atoms with Gasteiger partial charge in [-0.1, -0.05) is 18.2 Å². The zero-order chi connectivity index (χ0) is 19.0. The third kappa shape index (κ3) is 3.77. The van der Waals surface area contributed by atoms with Crippen LogP contribution in [0.15, 0.2) is 42.6 Å². The van der Waals surface area contributed by atoms with Gasteiger partial charge in [0.2, 0.25) is 0 Å². The van der Waals surface area contributed by atoms with E-state index in [0.717, 1.165) is 28.3 Å². The first-order chi connectivity index (χ1) is 13.1. The van der Waals surface area contributed by atoms with Crippen LogP contribution in [0, 0.1) is 11.3 Å². The van der Waals surface area contributed by atoms with Crippen LogP contribution in [-0.2, 0) is 6.42 Å². The topological polar surface area (TPSA) is 71.9 Å². The Morgan fingerprint density at radius 3 is 2.86 bits per heavy atom. The third-order valence-electron chi connectivity index (χ3n) is 4.80. The molecule has 0 saturated heterocycles. The number of rotatable bonds is 4. The average Bonchev–Trinajstić information content (AvgIpc) is 3.29. The van der Waals surface area contributed by atoms with Crippen molar-refractivity contribution in [3.05, 3.63) is 59.3 Å². The Hall–Kier alpha value is -2.39. The third-order valence-corrected chi connectivity index (χ3v) is 5.88. The highest BCUT2D eigenvalue weighted by Gasteiger charge is 2.22. The Bertz CT molecular complexity index is 1040. The molecule has 0 spiro atoms. The summed E-state index contributed by atoms with van der Waals surface area (Å²) in [4.78, 5) is 5.75. The summed E-state index contributed by atoms with van der Waals surface area (Å²) in [6.07, 6.45) is 3.96. The van der Waals surface area contributed by atoms with Gasteiger partial charge >= 0.3 is 0 Å². The first-order valence-electron chi connectivity index (χ1n) is 9.11. The van der Waals surface area contributed by atoms with Gasteiger partial charge < -0.3 is 10.5 Å². The molecule has 0 radical (unpaired) electrons. The van der Waals surface area contributed by atoms with Crippen LogP contribution < -0.4 is 10.5 Å². The largest absolute Gasteiger partial charge is 0.490 e. The summed E-state index contributed by atoms with van der Waals surface area (Å²) in [5.74, 6) is 0.614. The molecule has 2 N–H and O–H groups in total. The Morgan fingerprint density at radius 1 is 1.29 bits per heavy atom. The predicted molar refractivity (Wildman–Crippen MR) is 116 cm³/mol. The number of nitriles is 1. The number of aromatic nitrogens is 1. The summed E-state index contributed by atoms with van der Waals surface area (Å²) in [6, 6.07) is 14.4. The standard InChI is InChI=1S/C22H21N3OS.ClH/c1-13(2)26-20-9-6-14(10-15(20)11-23)22-25-12-21(27-22)18-5-3-4-17-16(18)7-8-19(17)24;/h3-6,9-10,12-13,19H,7-8,24H2,1-2H3;1H/t19-;/m1./s1. The minimum absolute atomic E-state index is 0. The van der Waals surface area contributed by atoms with Gasteiger partial charge in [-0.25, -0.2) is 4.98 Å². The van der Waals surface area contributed by atoms with Crippen molar-refractivity contribution < 1.29 is 4.74 Å². The van der Waals surface area contributed by atoms with Crippen LogP contribution >= 0.6 is 23.7 Å². The Kier molecular flexibility index (Phi) is 6.04. The minimum atomic E-state index is 0. The smallest absolute Gasteiger partial charge is 0.137 e. The van der Waals surface area contributed by atoms with Gasteiger partial charge in [-0.05, 0) is 61.6 Å². The van der Waals surface area contributed by atoms with Gasteiger partial charge in [-0.3, -0.25) is 0 Å². The molecule has 1 atom stereocenters. The molecule has 1 aliphatic carbocycles. The number of nitrogens with two attached hydrogens (primary N) is 1. The first-order valence-corrected chi connectivity index (χ1v) is 9.93. The highest BCUT2D eigenvalue weighted by atomic mass is 35.5. The van der Waals surface area contributed by atoms with Gasteiger partial charge in [0.25, 0.3) is 0 Å². The van der Waals surface area contributed by atoms with E-state index in [-0.39, 0.29) is 24.6 Å². The summed E-state index contributed by atoms with van der Waals surface area (Å²) in [7, 11) is 0. The van der Waals surface area contributed by atoms with E-state index in [0.29, 0.717) is 11.3 Å². The summed E-state index contributed by atoms with van der Waals surface area (Å²) < 4.78 is 5.71. The van der Waals surface area contributed by atoms with Crippen molar-refractivity contribution in [1.82, 2.24) is 4.98 Å².